The maximum atomic E-state index is 12.8. The summed E-state index contributed by atoms with van der Waals surface area (Å²) in [7, 11) is -3.79. The molecular weight excluding hydrogens is 362 g/mol. The molecule has 0 saturated carbocycles. The minimum atomic E-state index is -4.49. The van der Waals surface area contributed by atoms with Gasteiger partial charge >= 0.3 is 6.18 Å². The van der Waals surface area contributed by atoms with Gasteiger partial charge in [-0.25, -0.2) is 17.5 Å². The molecule has 0 amide bonds. The van der Waals surface area contributed by atoms with Crippen molar-refractivity contribution < 1.29 is 31.1 Å². The molecule has 0 aliphatic rings. The zero-order valence-electron chi connectivity index (χ0n) is 12.8. The van der Waals surface area contributed by atoms with Crippen LogP contribution in [0.15, 0.2) is 48.5 Å². The fourth-order valence-electron chi connectivity index (χ4n) is 2.07. The van der Waals surface area contributed by atoms with Crippen molar-refractivity contribution in [2.24, 2.45) is 0 Å². The third-order valence-corrected chi connectivity index (χ3v) is 4.71. The molecule has 4 nitrogen and oxygen atoms in total. The highest BCUT2D eigenvalue weighted by molar-refractivity contribution is 7.88. The van der Waals surface area contributed by atoms with Gasteiger partial charge in [0.25, 0.3) is 0 Å². The number of nitrogens with one attached hydrogen (secondary N) is 1. The van der Waals surface area contributed by atoms with Crippen LogP contribution in [0.1, 0.15) is 22.8 Å². The molecule has 136 valence electrons. The summed E-state index contributed by atoms with van der Waals surface area (Å²) in [6.45, 7) is -0.394. The molecule has 2 N–H and O–H groups in total. The van der Waals surface area contributed by atoms with E-state index >= 15 is 0 Å². The number of benzene rings is 2. The van der Waals surface area contributed by atoms with Crippen molar-refractivity contribution in [3.05, 3.63) is 71.0 Å². The van der Waals surface area contributed by atoms with Gasteiger partial charge in [0.2, 0.25) is 10.0 Å². The van der Waals surface area contributed by atoms with Crippen molar-refractivity contribution in [2.75, 3.05) is 6.54 Å². The third-order valence-electron chi connectivity index (χ3n) is 3.39. The van der Waals surface area contributed by atoms with E-state index in [2.05, 4.69) is 4.72 Å². The van der Waals surface area contributed by atoms with Gasteiger partial charge in [0.15, 0.2) is 0 Å². The van der Waals surface area contributed by atoms with Crippen molar-refractivity contribution in [1.82, 2.24) is 4.72 Å². The molecule has 0 aliphatic heterocycles. The Hall–Kier alpha value is -1.97. The van der Waals surface area contributed by atoms with E-state index in [9.17, 15) is 31.1 Å². The largest absolute Gasteiger partial charge is 0.416 e. The van der Waals surface area contributed by atoms with Crippen molar-refractivity contribution >= 4 is 10.0 Å². The molecule has 0 spiro atoms. The van der Waals surface area contributed by atoms with Gasteiger partial charge in [-0.1, -0.05) is 24.3 Å². The quantitative estimate of drug-likeness (QED) is 0.761. The molecule has 1 atom stereocenters. The highest BCUT2D eigenvalue weighted by atomic mass is 32.2. The maximum Gasteiger partial charge on any atom is 0.416 e. The topological polar surface area (TPSA) is 66.4 Å². The second-order valence-corrected chi connectivity index (χ2v) is 7.18. The molecule has 25 heavy (non-hydrogen) atoms. The van der Waals surface area contributed by atoms with E-state index in [-0.39, 0.29) is 5.56 Å². The van der Waals surface area contributed by atoms with Gasteiger partial charge in [0, 0.05) is 6.54 Å². The number of hydrogen-bond acceptors (Lipinski definition) is 3. The SMILES string of the molecule is O=S(=O)(Cc1ccc(F)cc1)NCC(O)c1ccc(C(F)(F)F)cc1. The van der Waals surface area contributed by atoms with Crippen LogP contribution in [0.2, 0.25) is 0 Å². The van der Waals surface area contributed by atoms with Crippen LogP contribution in [-0.4, -0.2) is 20.1 Å². The lowest BCUT2D eigenvalue weighted by Gasteiger charge is -2.14. The van der Waals surface area contributed by atoms with E-state index in [0.29, 0.717) is 5.56 Å². The zero-order chi connectivity index (χ0) is 18.7. The normalized spacial score (nSPS) is 13.6. The molecule has 0 saturated heterocycles. The highest BCUT2D eigenvalue weighted by Gasteiger charge is 2.30. The van der Waals surface area contributed by atoms with Gasteiger partial charge in [-0.2, -0.15) is 13.2 Å². The van der Waals surface area contributed by atoms with Gasteiger partial charge in [0.1, 0.15) is 5.82 Å². The van der Waals surface area contributed by atoms with Crippen LogP contribution in [-0.2, 0) is 22.0 Å². The fraction of sp³-hybridized carbons (Fsp3) is 0.250. The Morgan fingerprint density at radius 3 is 2.08 bits per heavy atom. The molecule has 0 fully saturated rings. The summed E-state index contributed by atoms with van der Waals surface area (Å²) >= 11 is 0. The Bertz CT molecular complexity index is 803. The number of alkyl halides is 3. The molecule has 1 unspecified atom stereocenters. The molecule has 0 heterocycles. The van der Waals surface area contributed by atoms with Crippen LogP contribution < -0.4 is 4.72 Å². The maximum absolute atomic E-state index is 12.8. The standard InChI is InChI=1S/C16H15F4NO3S/c17-14-7-1-11(2-8-14)10-25(23,24)21-9-15(22)12-3-5-13(6-4-12)16(18,19)20/h1-8,15,21-22H,9-10H2. The van der Waals surface area contributed by atoms with Crippen molar-refractivity contribution in [2.45, 2.75) is 18.0 Å². The van der Waals surface area contributed by atoms with Crippen LogP contribution in [0, 0.1) is 5.82 Å². The number of halogens is 4. The van der Waals surface area contributed by atoms with E-state index in [4.69, 9.17) is 0 Å². The average Bonchev–Trinajstić information content (AvgIpc) is 2.54. The van der Waals surface area contributed by atoms with Crippen molar-refractivity contribution in [1.29, 1.82) is 0 Å². The van der Waals surface area contributed by atoms with Crippen LogP contribution in [0.25, 0.3) is 0 Å². The van der Waals surface area contributed by atoms with Gasteiger partial charge in [-0.05, 0) is 35.4 Å². The van der Waals surface area contributed by atoms with Crippen LogP contribution in [0.5, 0.6) is 0 Å². The predicted octanol–water partition coefficient (Wildman–Crippen LogP) is 3.00. The lowest BCUT2D eigenvalue weighted by atomic mass is 10.1. The second kappa shape index (κ2) is 7.51. The van der Waals surface area contributed by atoms with E-state index in [1.165, 1.54) is 12.1 Å². The summed E-state index contributed by atoms with van der Waals surface area (Å²) in [6.07, 6.45) is -5.79. The number of aliphatic hydroxyl groups is 1. The van der Waals surface area contributed by atoms with Gasteiger partial charge in [-0.3, -0.25) is 0 Å². The van der Waals surface area contributed by atoms with Crippen LogP contribution >= 0.6 is 0 Å². The minimum absolute atomic E-state index is 0.150. The Balaban J connectivity index is 1.96. The molecule has 0 bridgehead atoms. The van der Waals surface area contributed by atoms with E-state index in [1.807, 2.05) is 0 Å². The van der Waals surface area contributed by atoms with Crippen molar-refractivity contribution in [3.63, 3.8) is 0 Å². The molecule has 2 aromatic rings. The molecule has 0 aliphatic carbocycles. The predicted molar refractivity (Wildman–Crippen MR) is 83.4 cm³/mol. The molecule has 2 rings (SSSR count). The average molecular weight is 377 g/mol. The van der Waals surface area contributed by atoms with Gasteiger partial charge < -0.3 is 5.11 Å². The third kappa shape index (κ3) is 5.80. The molecule has 9 heteroatoms. The minimum Gasteiger partial charge on any atom is -0.387 e. The van der Waals surface area contributed by atoms with Gasteiger partial charge in [0.05, 0.1) is 17.4 Å². The molecule has 2 aromatic carbocycles. The number of aliphatic hydroxyl groups excluding tert-OH is 1. The first-order valence-electron chi connectivity index (χ1n) is 7.14. The lowest BCUT2D eigenvalue weighted by molar-refractivity contribution is -0.137. The zero-order valence-corrected chi connectivity index (χ0v) is 13.6. The first kappa shape index (κ1) is 19.4. The summed E-state index contributed by atoms with van der Waals surface area (Å²) in [5, 5.41) is 9.92. The molecule has 0 aromatic heterocycles. The van der Waals surface area contributed by atoms with Crippen LogP contribution in [0.3, 0.4) is 0 Å². The first-order chi connectivity index (χ1) is 11.6. The Morgan fingerprint density at radius 1 is 1.00 bits per heavy atom. The summed E-state index contributed by atoms with van der Waals surface area (Å²) in [4.78, 5) is 0. The summed E-state index contributed by atoms with van der Waals surface area (Å²) < 4.78 is 76.3. The Kier molecular flexibility index (Phi) is 5.81. The first-order valence-corrected chi connectivity index (χ1v) is 8.79. The lowest BCUT2D eigenvalue weighted by Crippen LogP contribution is -2.29. The number of hydrogen-bond donors (Lipinski definition) is 2. The Labute approximate surface area is 142 Å². The fourth-order valence-corrected chi connectivity index (χ4v) is 3.21. The van der Waals surface area contributed by atoms with Gasteiger partial charge in [-0.15, -0.1) is 0 Å². The smallest absolute Gasteiger partial charge is 0.387 e. The second-order valence-electron chi connectivity index (χ2n) is 5.37. The summed E-state index contributed by atoms with van der Waals surface area (Å²) in [5.41, 5.74) is -0.351. The molecular formula is C16H15F4NO3S. The highest BCUT2D eigenvalue weighted by Crippen LogP contribution is 2.29. The van der Waals surface area contributed by atoms with Crippen molar-refractivity contribution in [3.8, 4) is 0 Å². The molecule has 0 radical (unpaired) electrons. The monoisotopic (exact) mass is 377 g/mol. The van der Waals surface area contributed by atoms with E-state index in [1.54, 1.807) is 0 Å². The van der Waals surface area contributed by atoms with E-state index < -0.39 is 46.0 Å². The van der Waals surface area contributed by atoms with E-state index in [0.717, 1.165) is 36.4 Å². The summed E-state index contributed by atoms with van der Waals surface area (Å²) in [6, 6.07) is 8.69. The Morgan fingerprint density at radius 2 is 1.56 bits per heavy atom. The number of rotatable bonds is 6. The van der Waals surface area contributed by atoms with Crippen LogP contribution in [0.4, 0.5) is 17.6 Å². The number of sulfonamides is 1. The summed E-state index contributed by atoms with van der Waals surface area (Å²) in [5.74, 6) is -0.903.